The van der Waals surface area contributed by atoms with Gasteiger partial charge >= 0.3 is 5.76 Å². The van der Waals surface area contributed by atoms with Gasteiger partial charge in [-0.15, -0.1) is 0 Å². The van der Waals surface area contributed by atoms with E-state index >= 15 is 0 Å². The number of oxazole rings is 1. The van der Waals surface area contributed by atoms with Crippen molar-refractivity contribution in [3.63, 3.8) is 0 Å². The summed E-state index contributed by atoms with van der Waals surface area (Å²) in [4.78, 5) is 26.0. The first kappa shape index (κ1) is 16.0. The van der Waals surface area contributed by atoms with Crippen molar-refractivity contribution in [1.82, 2.24) is 14.9 Å². The predicted octanol–water partition coefficient (Wildman–Crippen LogP) is 2.88. The van der Waals surface area contributed by atoms with Crippen LogP contribution in [0.1, 0.15) is 15.9 Å². The molecule has 130 valence electrons. The molecule has 0 aliphatic heterocycles. The molecule has 26 heavy (non-hydrogen) atoms. The average molecular weight is 347 g/mol. The number of aromatic amines is 1. The number of aromatic nitrogens is 2. The first-order chi connectivity index (χ1) is 12.7. The van der Waals surface area contributed by atoms with Gasteiger partial charge in [0.1, 0.15) is 0 Å². The topological polar surface area (TPSA) is 80.0 Å². The SMILES string of the molecule is O=C(NCCc1ccc2[nH]c(=O)oc2c1)c1ccc(-n2cccc2)cc1. The van der Waals surface area contributed by atoms with Gasteiger partial charge in [0.25, 0.3) is 5.91 Å². The lowest BCUT2D eigenvalue weighted by Crippen LogP contribution is -2.25. The second-order valence-corrected chi connectivity index (χ2v) is 5.99. The van der Waals surface area contributed by atoms with Crippen LogP contribution in [-0.4, -0.2) is 22.0 Å². The molecule has 6 heteroatoms. The lowest BCUT2D eigenvalue weighted by molar-refractivity contribution is 0.0954. The molecule has 0 aliphatic rings. The lowest BCUT2D eigenvalue weighted by atomic mass is 10.1. The number of amides is 1. The van der Waals surface area contributed by atoms with E-state index < -0.39 is 5.76 Å². The van der Waals surface area contributed by atoms with Gasteiger partial charge in [-0.05, 0) is 60.5 Å². The van der Waals surface area contributed by atoms with Crippen LogP contribution in [-0.2, 0) is 6.42 Å². The van der Waals surface area contributed by atoms with E-state index in [1.54, 1.807) is 6.07 Å². The monoisotopic (exact) mass is 347 g/mol. The summed E-state index contributed by atoms with van der Waals surface area (Å²) in [5.74, 6) is -0.577. The first-order valence-electron chi connectivity index (χ1n) is 8.32. The zero-order valence-electron chi connectivity index (χ0n) is 13.9. The number of benzene rings is 2. The number of nitrogens with one attached hydrogen (secondary N) is 2. The fraction of sp³-hybridized carbons (Fsp3) is 0.100. The maximum atomic E-state index is 12.3. The zero-order chi connectivity index (χ0) is 17.9. The van der Waals surface area contributed by atoms with Crippen LogP contribution in [0, 0.1) is 0 Å². The maximum absolute atomic E-state index is 12.3. The standard InChI is InChI=1S/C20H17N3O3/c24-19(15-4-6-16(7-5-15)23-11-1-2-12-23)21-10-9-14-3-8-17-18(13-14)26-20(25)22-17/h1-8,11-13H,9-10H2,(H,21,24)(H,22,25). The third-order valence-electron chi connectivity index (χ3n) is 4.22. The van der Waals surface area contributed by atoms with E-state index in [1.807, 2.05) is 65.5 Å². The predicted molar refractivity (Wildman–Crippen MR) is 98.6 cm³/mol. The molecule has 0 radical (unpaired) electrons. The highest BCUT2D eigenvalue weighted by atomic mass is 16.4. The van der Waals surface area contributed by atoms with E-state index in [9.17, 15) is 9.59 Å². The van der Waals surface area contributed by atoms with Gasteiger partial charge in [0.2, 0.25) is 0 Å². The summed E-state index contributed by atoms with van der Waals surface area (Å²) in [5, 5.41) is 2.91. The summed E-state index contributed by atoms with van der Waals surface area (Å²) >= 11 is 0. The van der Waals surface area contributed by atoms with Crippen molar-refractivity contribution in [2.75, 3.05) is 6.54 Å². The van der Waals surface area contributed by atoms with Crippen LogP contribution < -0.4 is 11.1 Å². The van der Waals surface area contributed by atoms with Gasteiger partial charge in [0, 0.05) is 30.2 Å². The van der Waals surface area contributed by atoms with Crippen LogP contribution in [0.5, 0.6) is 0 Å². The molecule has 2 heterocycles. The van der Waals surface area contributed by atoms with Crippen LogP contribution in [0.2, 0.25) is 0 Å². The van der Waals surface area contributed by atoms with Gasteiger partial charge in [-0.1, -0.05) is 6.07 Å². The molecule has 4 aromatic rings. The molecule has 0 saturated carbocycles. The van der Waals surface area contributed by atoms with E-state index in [1.165, 1.54) is 0 Å². The van der Waals surface area contributed by atoms with Crippen LogP contribution in [0.4, 0.5) is 0 Å². The molecule has 6 nitrogen and oxygen atoms in total. The van der Waals surface area contributed by atoms with Crippen molar-refractivity contribution in [2.45, 2.75) is 6.42 Å². The van der Waals surface area contributed by atoms with Crippen molar-refractivity contribution in [3.05, 3.63) is 88.7 Å². The Kier molecular flexibility index (Phi) is 4.15. The third-order valence-corrected chi connectivity index (χ3v) is 4.22. The smallest absolute Gasteiger partial charge is 0.408 e. The van der Waals surface area contributed by atoms with Crippen LogP contribution in [0.3, 0.4) is 0 Å². The number of hydrogen-bond donors (Lipinski definition) is 2. The molecule has 0 unspecified atom stereocenters. The van der Waals surface area contributed by atoms with Gasteiger partial charge in [0.15, 0.2) is 5.58 Å². The fourth-order valence-corrected chi connectivity index (χ4v) is 2.86. The molecule has 2 aromatic carbocycles. The largest absolute Gasteiger partial charge is 0.417 e. The minimum absolute atomic E-state index is 0.113. The van der Waals surface area contributed by atoms with Crippen LogP contribution in [0.25, 0.3) is 16.8 Å². The summed E-state index contributed by atoms with van der Waals surface area (Å²) in [6, 6.07) is 16.9. The van der Waals surface area contributed by atoms with Gasteiger partial charge in [-0.25, -0.2) is 4.79 Å². The highest BCUT2D eigenvalue weighted by Crippen LogP contribution is 2.13. The van der Waals surface area contributed by atoms with E-state index in [2.05, 4.69) is 10.3 Å². The molecule has 0 aliphatic carbocycles. The van der Waals surface area contributed by atoms with Crippen molar-refractivity contribution in [2.24, 2.45) is 0 Å². The highest BCUT2D eigenvalue weighted by molar-refractivity contribution is 5.94. The maximum Gasteiger partial charge on any atom is 0.417 e. The third kappa shape index (κ3) is 3.30. The second-order valence-electron chi connectivity index (χ2n) is 5.99. The van der Waals surface area contributed by atoms with Crippen LogP contribution in [0.15, 0.2) is 76.2 Å². The van der Waals surface area contributed by atoms with Crippen molar-refractivity contribution >= 4 is 17.0 Å². The number of H-pyrrole nitrogens is 1. The minimum atomic E-state index is -0.464. The van der Waals surface area contributed by atoms with E-state index in [4.69, 9.17) is 4.42 Å². The Hall–Kier alpha value is -3.54. The number of hydrogen-bond acceptors (Lipinski definition) is 3. The second kappa shape index (κ2) is 6.76. The molecule has 0 bridgehead atoms. The zero-order valence-corrected chi connectivity index (χ0v) is 13.9. The minimum Gasteiger partial charge on any atom is -0.408 e. The highest BCUT2D eigenvalue weighted by Gasteiger charge is 2.06. The van der Waals surface area contributed by atoms with E-state index in [0.717, 1.165) is 11.3 Å². The average Bonchev–Trinajstić information content (AvgIpc) is 3.30. The Morgan fingerprint density at radius 1 is 1.08 bits per heavy atom. The quantitative estimate of drug-likeness (QED) is 0.582. The summed E-state index contributed by atoms with van der Waals surface area (Å²) < 4.78 is 7.03. The van der Waals surface area contributed by atoms with Gasteiger partial charge in [-0.3, -0.25) is 9.78 Å². The molecule has 4 rings (SSSR count). The van der Waals surface area contributed by atoms with Gasteiger partial charge < -0.3 is 14.3 Å². The van der Waals surface area contributed by atoms with E-state index in [-0.39, 0.29) is 5.91 Å². The normalized spacial score (nSPS) is 10.9. The summed E-state index contributed by atoms with van der Waals surface area (Å²) in [6.07, 6.45) is 4.56. The Labute approximate surface area is 149 Å². The molecule has 1 amide bonds. The molecule has 2 N–H and O–H groups in total. The number of carbonyl (C=O) groups is 1. The van der Waals surface area contributed by atoms with Crippen molar-refractivity contribution in [3.8, 4) is 5.69 Å². The van der Waals surface area contributed by atoms with Crippen LogP contribution >= 0.6 is 0 Å². The molecular weight excluding hydrogens is 330 g/mol. The fourth-order valence-electron chi connectivity index (χ4n) is 2.86. The molecule has 0 spiro atoms. The Bertz CT molecular complexity index is 1090. The molecular formula is C20H17N3O3. The summed E-state index contributed by atoms with van der Waals surface area (Å²) in [5.41, 5.74) is 3.81. The molecule has 2 aromatic heterocycles. The lowest BCUT2D eigenvalue weighted by Gasteiger charge is -2.07. The summed E-state index contributed by atoms with van der Waals surface area (Å²) in [7, 11) is 0. The number of carbonyl (C=O) groups excluding carboxylic acids is 1. The van der Waals surface area contributed by atoms with Gasteiger partial charge in [0.05, 0.1) is 5.52 Å². The molecule has 0 saturated heterocycles. The molecule has 0 fully saturated rings. The van der Waals surface area contributed by atoms with Crippen molar-refractivity contribution < 1.29 is 9.21 Å². The first-order valence-corrected chi connectivity index (χ1v) is 8.32. The number of nitrogens with zero attached hydrogens (tertiary/aromatic N) is 1. The Morgan fingerprint density at radius 2 is 1.85 bits per heavy atom. The number of rotatable bonds is 5. The Balaban J connectivity index is 1.36. The van der Waals surface area contributed by atoms with Crippen molar-refractivity contribution in [1.29, 1.82) is 0 Å². The molecule has 0 atom stereocenters. The van der Waals surface area contributed by atoms with E-state index in [0.29, 0.717) is 29.6 Å². The summed E-state index contributed by atoms with van der Waals surface area (Å²) in [6.45, 7) is 0.498. The number of fused-ring (bicyclic) bond motifs is 1. The Morgan fingerprint density at radius 3 is 2.62 bits per heavy atom. The van der Waals surface area contributed by atoms with Gasteiger partial charge in [-0.2, -0.15) is 0 Å².